The van der Waals surface area contributed by atoms with Gasteiger partial charge in [-0.2, -0.15) is 0 Å². The Kier molecular flexibility index (Phi) is 15.9. The highest BCUT2D eigenvalue weighted by Gasteiger charge is 2.22. The first-order valence-electron chi connectivity index (χ1n) is 16.9. The topological polar surface area (TPSA) is 74.6 Å². The Hall–Kier alpha value is -1.92. The molecule has 0 aliphatic carbocycles. The fourth-order valence-electron chi connectivity index (χ4n) is 6.21. The van der Waals surface area contributed by atoms with Crippen molar-refractivity contribution in [3.63, 3.8) is 0 Å². The number of hydrogen-bond donors (Lipinski definition) is 2. The third-order valence-corrected chi connectivity index (χ3v) is 11.0. The van der Waals surface area contributed by atoms with Gasteiger partial charge < -0.3 is 10.2 Å². The number of aromatic carboxylic acids is 2. The molecule has 0 saturated heterocycles. The van der Waals surface area contributed by atoms with Crippen LogP contribution in [0.2, 0.25) is 0 Å². The summed E-state index contributed by atoms with van der Waals surface area (Å²) in [6, 6.07) is 4.16. The summed E-state index contributed by atoms with van der Waals surface area (Å²) in [6.45, 7) is 4.50. The van der Waals surface area contributed by atoms with Gasteiger partial charge in [-0.05, 0) is 59.7 Å². The molecule has 2 N–H and O–H groups in total. The van der Waals surface area contributed by atoms with Crippen LogP contribution in [0.4, 0.5) is 0 Å². The van der Waals surface area contributed by atoms with E-state index in [0.717, 1.165) is 69.8 Å². The highest BCUT2D eigenvalue weighted by molar-refractivity contribution is 7.22. The molecule has 0 spiro atoms. The first-order valence-corrected chi connectivity index (χ1v) is 18.6. The predicted molar refractivity (Wildman–Crippen MR) is 182 cm³/mol. The van der Waals surface area contributed by atoms with Crippen molar-refractivity contribution in [1.82, 2.24) is 0 Å². The summed E-state index contributed by atoms with van der Waals surface area (Å²) < 4.78 is 1.95. The molecule has 3 rings (SSSR count). The van der Waals surface area contributed by atoms with Crippen molar-refractivity contribution < 1.29 is 19.8 Å². The van der Waals surface area contributed by atoms with Crippen LogP contribution in [0.25, 0.3) is 20.2 Å². The van der Waals surface area contributed by atoms with Crippen LogP contribution < -0.4 is 0 Å². The standard InChI is InChI=1S/C36H54O4S2/c1-3-5-7-9-11-13-15-17-19-21-23-27-29-25-32-30(26-31(29)41-33(27)35(37)38)28(34(42-32)36(39)40)24-22-20-18-16-14-12-10-8-6-4-2/h25-26H,3-24H2,1-2H3,(H,37,38)(H,39,40). The Morgan fingerprint density at radius 2 is 0.786 bits per heavy atom. The first kappa shape index (κ1) is 34.6. The minimum atomic E-state index is -0.849. The van der Waals surface area contributed by atoms with Crippen LogP contribution in [0, 0.1) is 0 Å². The molecular weight excluding hydrogens is 561 g/mol. The molecule has 6 heteroatoms. The van der Waals surface area contributed by atoms with E-state index in [1.807, 2.05) is 0 Å². The van der Waals surface area contributed by atoms with Gasteiger partial charge in [0.15, 0.2) is 0 Å². The molecule has 0 radical (unpaired) electrons. The average Bonchev–Trinajstić information content (AvgIpc) is 3.51. The van der Waals surface area contributed by atoms with Crippen molar-refractivity contribution in [2.45, 2.75) is 155 Å². The summed E-state index contributed by atoms with van der Waals surface area (Å²) in [5.41, 5.74) is 1.87. The highest BCUT2D eigenvalue weighted by Crippen LogP contribution is 2.41. The highest BCUT2D eigenvalue weighted by atomic mass is 32.1. The molecule has 42 heavy (non-hydrogen) atoms. The van der Waals surface area contributed by atoms with Crippen LogP contribution in [-0.4, -0.2) is 22.2 Å². The first-order chi connectivity index (χ1) is 20.5. The van der Waals surface area contributed by atoms with Crippen molar-refractivity contribution in [3.05, 3.63) is 33.0 Å². The van der Waals surface area contributed by atoms with E-state index in [9.17, 15) is 19.8 Å². The fourth-order valence-corrected chi connectivity index (χ4v) is 8.43. The average molecular weight is 615 g/mol. The maximum absolute atomic E-state index is 12.2. The summed E-state index contributed by atoms with van der Waals surface area (Å²) in [5.74, 6) is -1.70. The van der Waals surface area contributed by atoms with Crippen molar-refractivity contribution in [2.24, 2.45) is 0 Å². The predicted octanol–water partition coefficient (Wildman–Crippen LogP) is 12.4. The maximum atomic E-state index is 12.2. The molecule has 0 atom stereocenters. The van der Waals surface area contributed by atoms with Gasteiger partial charge in [0, 0.05) is 9.40 Å². The minimum Gasteiger partial charge on any atom is -0.477 e. The molecule has 2 aromatic heterocycles. The van der Waals surface area contributed by atoms with Gasteiger partial charge in [-0.3, -0.25) is 0 Å². The number of hydrogen-bond acceptors (Lipinski definition) is 4. The Morgan fingerprint density at radius 1 is 0.500 bits per heavy atom. The van der Waals surface area contributed by atoms with Gasteiger partial charge >= 0.3 is 11.9 Å². The quantitative estimate of drug-likeness (QED) is 0.0984. The molecule has 1 aromatic carbocycles. The molecule has 0 aliphatic heterocycles. The maximum Gasteiger partial charge on any atom is 0.346 e. The second kappa shape index (κ2) is 19.4. The third kappa shape index (κ3) is 10.7. The van der Waals surface area contributed by atoms with Gasteiger partial charge in [0.2, 0.25) is 0 Å². The second-order valence-electron chi connectivity index (χ2n) is 12.1. The Balaban J connectivity index is 1.60. The molecule has 0 bridgehead atoms. The van der Waals surface area contributed by atoms with Crippen LogP contribution in [0.3, 0.4) is 0 Å². The minimum absolute atomic E-state index is 0.452. The van der Waals surface area contributed by atoms with E-state index in [0.29, 0.717) is 9.75 Å². The Morgan fingerprint density at radius 3 is 1.07 bits per heavy atom. The van der Waals surface area contributed by atoms with E-state index in [4.69, 9.17) is 0 Å². The number of carbonyl (C=O) groups is 2. The zero-order valence-corrected chi connectivity index (χ0v) is 27.9. The zero-order valence-electron chi connectivity index (χ0n) is 26.2. The molecule has 0 unspecified atom stereocenters. The van der Waals surface area contributed by atoms with Crippen LogP contribution in [0.5, 0.6) is 0 Å². The summed E-state index contributed by atoms with van der Waals surface area (Å²) >= 11 is 2.71. The van der Waals surface area contributed by atoms with Gasteiger partial charge in [0.1, 0.15) is 9.75 Å². The lowest BCUT2D eigenvalue weighted by Gasteiger charge is -2.05. The van der Waals surface area contributed by atoms with E-state index in [1.54, 1.807) is 0 Å². The second-order valence-corrected chi connectivity index (χ2v) is 14.2. The van der Waals surface area contributed by atoms with Gasteiger partial charge in [-0.25, -0.2) is 9.59 Å². The van der Waals surface area contributed by atoms with Crippen molar-refractivity contribution in [3.8, 4) is 0 Å². The number of carboxylic acid groups (broad SMARTS) is 2. The van der Waals surface area contributed by atoms with Gasteiger partial charge in [-0.15, -0.1) is 22.7 Å². The molecule has 0 saturated carbocycles. The van der Waals surface area contributed by atoms with Crippen LogP contribution >= 0.6 is 22.7 Å². The molecule has 0 amide bonds. The number of thiophene rings is 2. The number of aryl methyl sites for hydroxylation is 2. The summed E-state index contributed by atoms with van der Waals surface area (Å²) in [7, 11) is 0. The lowest BCUT2D eigenvalue weighted by atomic mass is 9.99. The molecule has 0 aliphatic rings. The van der Waals surface area contributed by atoms with Gasteiger partial charge in [0.05, 0.1) is 0 Å². The van der Waals surface area contributed by atoms with Gasteiger partial charge in [0.25, 0.3) is 0 Å². The molecule has 4 nitrogen and oxygen atoms in total. The molecular formula is C36H54O4S2. The summed E-state index contributed by atoms with van der Waals surface area (Å²) in [5, 5.41) is 22.0. The van der Waals surface area contributed by atoms with E-state index in [2.05, 4.69) is 26.0 Å². The molecule has 3 aromatic rings. The Labute approximate surface area is 261 Å². The zero-order chi connectivity index (χ0) is 30.2. The number of fused-ring (bicyclic) bond motifs is 2. The number of benzene rings is 1. The van der Waals surface area contributed by atoms with Crippen molar-refractivity contribution in [2.75, 3.05) is 0 Å². The fraction of sp³-hybridized carbons (Fsp3) is 0.667. The monoisotopic (exact) mass is 614 g/mol. The summed E-state index contributed by atoms with van der Waals surface area (Å²) in [6.07, 6.45) is 26.6. The van der Waals surface area contributed by atoms with E-state index in [1.165, 1.54) is 125 Å². The van der Waals surface area contributed by atoms with E-state index >= 15 is 0 Å². The lowest BCUT2D eigenvalue weighted by Crippen LogP contribution is -1.98. The number of carboxylic acids is 2. The van der Waals surface area contributed by atoms with E-state index < -0.39 is 11.9 Å². The molecule has 0 fully saturated rings. The van der Waals surface area contributed by atoms with Gasteiger partial charge in [-0.1, -0.05) is 129 Å². The van der Waals surface area contributed by atoms with E-state index in [-0.39, 0.29) is 0 Å². The third-order valence-electron chi connectivity index (χ3n) is 8.65. The van der Waals surface area contributed by atoms with Crippen LogP contribution in [-0.2, 0) is 12.8 Å². The Bertz CT molecular complexity index is 1140. The largest absolute Gasteiger partial charge is 0.477 e. The summed E-state index contributed by atoms with van der Waals surface area (Å²) in [4.78, 5) is 25.2. The SMILES string of the molecule is CCCCCCCCCCCCc1c(C(=O)O)sc2cc3c(CCCCCCCCCCCC)c(C(=O)O)sc3cc12. The molecule has 234 valence electrons. The van der Waals surface area contributed by atoms with Crippen molar-refractivity contribution in [1.29, 1.82) is 0 Å². The lowest BCUT2D eigenvalue weighted by molar-refractivity contribution is 0.0690. The van der Waals surface area contributed by atoms with Crippen LogP contribution in [0.1, 0.15) is 173 Å². The van der Waals surface area contributed by atoms with Crippen molar-refractivity contribution >= 4 is 54.8 Å². The molecule has 2 heterocycles. The van der Waals surface area contributed by atoms with Crippen LogP contribution in [0.15, 0.2) is 12.1 Å². The smallest absolute Gasteiger partial charge is 0.346 e. The normalized spacial score (nSPS) is 11.7. The number of rotatable bonds is 24. The number of unbranched alkanes of at least 4 members (excludes halogenated alkanes) is 18.